The molecule has 0 radical (unpaired) electrons. The Morgan fingerprint density at radius 1 is 1.11 bits per heavy atom. The third-order valence-electron chi connectivity index (χ3n) is 4.35. The molecule has 3 rings (SSSR count). The lowest BCUT2D eigenvalue weighted by molar-refractivity contribution is 0.102. The van der Waals surface area contributed by atoms with Crippen molar-refractivity contribution in [3.63, 3.8) is 0 Å². The fraction of sp³-hybridized carbons (Fsp3) is 0.143. The highest BCUT2D eigenvalue weighted by molar-refractivity contribution is 7.91. The molecule has 1 heterocycles. The zero-order valence-corrected chi connectivity index (χ0v) is 17.0. The smallest absolute Gasteiger partial charge is 0.255 e. The van der Waals surface area contributed by atoms with Gasteiger partial charge in [0.05, 0.1) is 21.4 Å². The lowest BCUT2D eigenvalue weighted by atomic mass is 10.1. The molecule has 0 spiro atoms. The van der Waals surface area contributed by atoms with E-state index in [1.807, 2.05) is 18.2 Å². The number of pyridine rings is 1. The molecule has 0 saturated heterocycles. The molecule has 0 aliphatic heterocycles. The minimum Gasteiger partial charge on any atom is -0.322 e. The third kappa shape index (κ3) is 4.24. The number of carbonyl (C=O) groups is 1. The molecule has 0 aliphatic carbocycles. The number of halogens is 1. The monoisotopic (exact) mass is 414 g/mol. The second-order valence-electron chi connectivity index (χ2n) is 6.24. The van der Waals surface area contributed by atoms with Gasteiger partial charge in [-0.25, -0.2) is 8.42 Å². The highest BCUT2D eigenvalue weighted by atomic mass is 35.5. The van der Waals surface area contributed by atoms with Crippen molar-refractivity contribution in [1.29, 1.82) is 0 Å². The number of carbonyl (C=O) groups excluding carboxylic acids is 1. The van der Waals surface area contributed by atoms with Gasteiger partial charge in [-0.3, -0.25) is 9.78 Å². The lowest BCUT2D eigenvalue weighted by Crippen LogP contribution is -2.14. The summed E-state index contributed by atoms with van der Waals surface area (Å²) in [5.41, 5.74) is 2.98. The number of aromatic nitrogens is 1. The third-order valence-corrected chi connectivity index (χ3v) is 6.41. The Kier molecular flexibility index (Phi) is 5.82. The van der Waals surface area contributed by atoms with E-state index < -0.39 is 9.84 Å². The first-order chi connectivity index (χ1) is 13.3. The van der Waals surface area contributed by atoms with E-state index in [9.17, 15) is 13.2 Å². The summed E-state index contributed by atoms with van der Waals surface area (Å²) >= 11 is 6.27. The molecule has 0 aliphatic rings. The van der Waals surface area contributed by atoms with E-state index in [2.05, 4.69) is 10.3 Å². The number of hydrogen-bond donors (Lipinski definition) is 1. The minimum atomic E-state index is -3.32. The van der Waals surface area contributed by atoms with Crippen LogP contribution in [0.25, 0.3) is 11.3 Å². The maximum atomic E-state index is 12.7. The number of aryl methyl sites for hydroxylation is 1. The standard InChI is InChI=1S/C21H19ClN2O3S/c1-3-28(26,27)16-8-9-17(14(2)12-16)21(25)24-15-7-10-19(22)18(13-15)20-6-4-5-11-23-20/h4-13H,3H2,1-2H3,(H,24,25). The van der Waals surface area contributed by atoms with Crippen LogP contribution >= 0.6 is 11.6 Å². The number of hydrogen-bond acceptors (Lipinski definition) is 4. The Morgan fingerprint density at radius 2 is 1.89 bits per heavy atom. The Balaban J connectivity index is 1.88. The Bertz CT molecular complexity index is 1130. The average molecular weight is 415 g/mol. The predicted octanol–water partition coefficient (Wildman–Crippen LogP) is 4.76. The zero-order chi connectivity index (χ0) is 20.3. The van der Waals surface area contributed by atoms with Crippen molar-refractivity contribution < 1.29 is 13.2 Å². The highest BCUT2D eigenvalue weighted by Gasteiger charge is 2.16. The van der Waals surface area contributed by atoms with E-state index in [4.69, 9.17) is 11.6 Å². The number of nitrogens with zero attached hydrogens (tertiary/aromatic N) is 1. The second kappa shape index (κ2) is 8.12. The van der Waals surface area contributed by atoms with Crippen LogP contribution in [0.15, 0.2) is 65.7 Å². The van der Waals surface area contributed by atoms with Gasteiger partial charge in [-0.2, -0.15) is 0 Å². The summed E-state index contributed by atoms with van der Waals surface area (Å²) in [4.78, 5) is 17.2. The molecule has 1 N–H and O–H groups in total. The normalized spacial score (nSPS) is 11.2. The average Bonchev–Trinajstić information content (AvgIpc) is 2.69. The number of rotatable bonds is 5. The van der Waals surface area contributed by atoms with Gasteiger partial charge < -0.3 is 5.32 Å². The van der Waals surface area contributed by atoms with E-state index in [1.54, 1.807) is 38.2 Å². The van der Waals surface area contributed by atoms with Gasteiger partial charge >= 0.3 is 0 Å². The quantitative estimate of drug-likeness (QED) is 0.653. The summed E-state index contributed by atoms with van der Waals surface area (Å²) < 4.78 is 24.0. The van der Waals surface area contributed by atoms with Gasteiger partial charge in [0.15, 0.2) is 9.84 Å². The van der Waals surface area contributed by atoms with Crippen molar-refractivity contribution in [3.8, 4) is 11.3 Å². The van der Waals surface area contributed by atoms with Crippen LogP contribution in [0.5, 0.6) is 0 Å². The van der Waals surface area contributed by atoms with E-state index in [-0.39, 0.29) is 16.6 Å². The lowest BCUT2D eigenvalue weighted by Gasteiger charge is -2.11. The fourth-order valence-electron chi connectivity index (χ4n) is 2.77. The Labute approximate surface area is 169 Å². The molecule has 3 aromatic rings. The molecular formula is C21H19ClN2O3S. The van der Waals surface area contributed by atoms with Gasteiger partial charge in [-0.1, -0.05) is 24.6 Å². The van der Waals surface area contributed by atoms with E-state index >= 15 is 0 Å². The SMILES string of the molecule is CCS(=O)(=O)c1ccc(C(=O)Nc2ccc(Cl)c(-c3ccccn3)c2)c(C)c1. The van der Waals surface area contributed by atoms with Gasteiger partial charge in [-0.05, 0) is 61.0 Å². The summed E-state index contributed by atoms with van der Waals surface area (Å²) in [7, 11) is -3.32. The first-order valence-electron chi connectivity index (χ1n) is 8.67. The Hall–Kier alpha value is -2.70. The molecule has 5 nitrogen and oxygen atoms in total. The first kappa shape index (κ1) is 20.0. The molecule has 0 unspecified atom stereocenters. The molecule has 2 aromatic carbocycles. The largest absolute Gasteiger partial charge is 0.322 e. The maximum Gasteiger partial charge on any atom is 0.255 e. The van der Waals surface area contributed by atoms with Crippen LogP contribution < -0.4 is 5.32 Å². The minimum absolute atomic E-state index is 0.0130. The summed E-state index contributed by atoms with van der Waals surface area (Å²) in [5.74, 6) is -0.314. The summed E-state index contributed by atoms with van der Waals surface area (Å²) in [6, 6.07) is 15.2. The first-order valence-corrected chi connectivity index (χ1v) is 10.7. The van der Waals surface area contributed by atoms with Crippen LogP contribution in [0, 0.1) is 6.92 Å². The van der Waals surface area contributed by atoms with Gasteiger partial charge in [-0.15, -0.1) is 0 Å². The van der Waals surface area contributed by atoms with Gasteiger partial charge in [0.2, 0.25) is 0 Å². The number of anilines is 1. The number of amides is 1. The molecule has 144 valence electrons. The van der Waals surface area contributed by atoms with Crippen molar-refractivity contribution in [2.45, 2.75) is 18.7 Å². The summed E-state index contributed by atoms with van der Waals surface area (Å²) in [5, 5.41) is 3.36. The van der Waals surface area contributed by atoms with Crippen molar-refractivity contribution >= 4 is 33.0 Å². The molecule has 1 aromatic heterocycles. The highest BCUT2D eigenvalue weighted by Crippen LogP contribution is 2.29. The summed E-state index contributed by atoms with van der Waals surface area (Å²) in [6.07, 6.45) is 1.67. The molecule has 0 fully saturated rings. The van der Waals surface area contributed by atoms with Crippen LogP contribution in [0.1, 0.15) is 22.8 Å². The van der Waals surface area contributed by atoms with E-state index in [0.29, 0.717) is 33.1 Å². The van der Waals surface area contributed by atoms with Crippen molar-refractivity contribution in [2.75, 3.05) is 11.1 Å². The molecule has 1 amide bonds. The van der Waals surface area contributed by atoms with Crippen molar-refractivity contribution in [1.82, 2.24) is 4.98 Å². The molecule has 28 heavy (non-hydrogen) atoms. The number of nitrogens with one attached hydrogen (secondary N) is 1. The molecule has 0 atom stereocenters. The van der Waals surface area contributed by atoms with Crippen molar-refractivity contribution in [2.24, 2.45) is 0 Å². The molecule has 7 heteroatoms. The topological polar surface area (TPSA) is 76.1 Å². The van der Waals surface area contributed by atoms with E-state index in [1.165, 1.54) is 18.2 Å². The van der Waals surface area contributed by atoms with Crippen LogP contribution in [0.4, 0.5) is 5.69 Å². The maximum absolute atomic E-state index is 12.7. The van der Waals surface area contributed by atoms with Gasteiger partial charge in [0.1, 0.15) is 0 Å². The van der Waals surface area contributed by atoms with Crippen LogP contribution in [0.2, 0.25) is 5.02 Å². The Morgan fingerprint density at radius 3 is 2.54 bits per heavy atom. The fourth-order valence-corrected chi connectivity index (χ4v) is 3.95. The number of benzene rings is 2. The molecule has 0 saturated carbocycles. The van der Waals surface area contributed by atoms with Crippen LogP contribution in [0.3, 0.4) is 0 Å². The number of sulfone groups is 1. The van der Waals surface area contributed by atoms with Gasteiger partial charge in [0, 0.05) is 23.0 Å². The summed E-state index contributed by atoms with van der Waals surface area (Å²) in [6.45, 7) is 3.30. The zero-order valence-electron chi connectivity index (χ0n) is 15.4. The van der Waals surface area contributed by atoms with Crippen LogP contribution in [-0.4, -0.2) is 25.1 Å². The van der Waals surface area contributed by atoms with Crippen LogP contribution in [-0.2, 0) is 9.84 Å². The molecular weight excluding hydrogens is 396 g/mol. The van der Waals surface area contributed by atoms with Gasteiger partial charge in [0.25, 0.3) is 5.91 Å². The predicted molar refractivity (Wildman–Crippen MR) is 112 cm³/mol. The second-order valence-corrected chi connectivity index (χ2v) is 8.93. The van der Waals surface area contributed by atoms with Crippen molar-refractivity contribution in [3.05, 3.63) is 76.9 Å². The van der Waals surface area contributed by atoms with E-state index in [0.717, 1.165) is 0 Å². The molecule has 0 bridgehead atoms.